The van der Waals surface area contributed by atoms with Crippen molar-refractivity contribution < 1.29 is 14.6 Å². The van der Waals surface area contributed by atoms with Gasteiger partial charge in [-0.25, -0.2) is 0 Å². The Morgan fingerprint density at radius 1 is 1.41 bits per heavy atom. The first-order chi connectivity index (χ1) is 13.6. The second-order valence-electron chi connectivity index (χ2n) is 8.47. The molecule has 1 aliphatic heterocycles. The molecule has 0 spiro atoms. The van der Waals surface area contributed by atoms with E-state index in [1.807, 2.05) is 32.9 Å². The van der Waals surface area contributed by atoms with Crippen molar-refractivity contribution in [2.24, 2.45) is 10.4 Å². The van der Waals surface area contributed by atoms with Gasteiger partial charge in [-0.05, 0) is 41.2 Å². The molecule has 1 aromatic rings. The zero-order valence-electron chi connectivity index (χ0n) is 18.0. The lowest BCUT2D eigenvalue weighted by atomic mass is 9.91. The number of carbonyl (C=O) groups excluding carboxylic acids is 1. The SMILES string of the molecule is COCCN(C)C(=N)N=C1/C(=C/c2cccc(O)c2)CCN1C(=O)CC(C)(C)C. The van der Waals surface area contributed by atoms with Crippen LogP contribution >= 0.6 is 0 Å². The number of benzene rings is 1. The number of phenols is 1. The summed E-state index contributed by atoms with van der Waals surface area (Å²) in [6.07, 6.45) is 2.98. The van der Waals surface area contributed by atoms with Gasteiger partial charge in [-0.2, -0.15) is 4.99 Å². The molecule has 0 aromatic heterocycles. The highest BCUT2D eigenvalue weighted by molar-refractivity contribution is 6.15. The molecular formula is C22H32N4O3. The van der Waals surface area contributed by atoms with Gasteiger partial charge >= 0.3 is 0 Å². The molecule has 1 aliphatic rings. The third kappa shape index (κ3) is 6.71. The Hall–Kier alpha value is -2.67. The Labute approximate surface area is 173 Å². The molecule has 0 atom stereocenters. The van der Waals surface area contributed by atoms with Crippen molar-refractivity contribution in [3.05, 3.63) is 35.4 Å². The van der Waals surface area contributed by atoms with E-state index in [0.29, 0.717) is 38.4 Å². The molecule has 29 heavy (non-hydrogen) atoms. The zero-order valence-corrected chi connectivity index (χ0v) is 18.0. The van der Waals surface area contributed by atoms with Crippen molar-refractivity contribution in [2.45, 2.75) is 33.6 Å². The number of likely N-dealkylation sites (N-methyl/N-ethyl adjacent to an activating group) is 1. The molecule has 158 valence electrons. The van der Waals surface area contributed by atoms with Crippen LogP contribution in [-0.2, 0) is 9.53 Å². The van der Waals surface area contributed by atoms with Gasteiger partial charge < -0.3 is 14.7 Å². The number of amidine groups is 1. The smallest absolute Gasteiger partial charge is 0.228 e. The Morgan fingerprint density at radius 2 is 2.14 bits per heavy atom. The number of amides is 1. The fraction of sp³-hybridized carbons (Fsp3) is 0.500. The van der Waals surface area contributed by atoms with Gasteiger partial charge in [0.05, 0.1) is 6.61 Å². The average Bonchev–Trinajstić information content (AvgIpc) is 3.00. The summed E-state index contributed by atoms with van der Waals surface area (Å²) in [6, 6.07) is 6.95. The minimum absolute atomic E-state index is 0.00269. The fourth-order valence-corrected chi connectivity index (χ4v) is 3.02. The second-order valence-corrected chi connectivity index (χ2v) is 8.47. The van der Waals surface area contributed by atoms with Gasteiger partial charge in [-0.3, -0.25) is 15.1 Å². The first kappa shape index (κ1) is 22.6. The monoisotopic (exact) mass is 400 g/mol. The number of phenolic OH excluding ortho intramolecular Hbond substituents is 1. The molecule has 0 saturated carbocycles. The molecule has 0 aliphatic carbocycles. The topological polar surface area (TPSA) is 89.2 Å². The van der Waals surface area contributed by atoms with Gasteiger partial charge in [0.1, 0.15) is 11.6 Å². The Morgan fingerprint density at radius 3 is 2.76 bits per heavy atom. The summed E-state index contributed by atoms with van der Waals surface area (Å²) < 4.78 is 5.07. The zero-order chi connectivity index (χ0) is 21.6. The van der Waals surface area contributed by atoms with E-state index in [9.17, 15) is 9.90 Å². The quantitative estimate of drug-likeness (QED) is 0.586. The molecule has 2 rings (SSSR count). The number of nitrogens with one attached hydrogen (secondary N) is 1. The number of likely N-dealkylation sites (tertiary alicyclic amines) is 1. The molecule has 0 bridgehead atoms. The summed E-state index contributed by atoms with van der Waals surface area (Å²) in [4.78, 5) is 20.8. The van der Waals surface area contributed by atoms with Crippen LogP contribution in [0.5, 0.6) is 5.75 Å². The Kier molecular flexibility index (Phi) is 7.56. The predicted octanol–water partition coefficient (Wildman–Crippen LogP) is 3.36. The Bertz CT molecular complexity index is 809. The Balaban J connectivity index is 2.36. The fourth-order valence-electron chi connectivity index (χ4n) is 3.02. The summed E-state index contributed by atoms with van der Waals surface area (Å²) in [7, 11) is 3.39. The van der Waals surface area contributed by atoms with Gasteiger partial charge in [-0.1, -0.05) is 32.9 Å². The largest absolute Gasteiger partial charge is 0.508 e. The number of aliphatic imine (C=N–C) groups is 1. The highest BCUT2D eigenvalue weighted by Crippen LogP contribution is 2.27. The molecule has 1 fully saturated rings. The molecule has 1 amide bonds. The minimum atomic E-state index is -0.136. The van der Waals surface area contributed by atoms with Crippen molar-refractivity contribution in [3.63, 3.8) is 0 Å². The van der Waals surface area contributed by atoms with Crippen LogP contribution in [0.1, 0.15) is 39.2 Å². The summed E-state index contributed by atoms with van der Waals surface area (Å²) in [5, 5.41) is 18.1. The van der Waals surface area contributed by atoms with Gasteiger partial charge in [0.15, 0.2) is 0 Å². The van der Waals surface area contributed by atoms with E-state index >= 15 is 0 Å². The maximum absolute atomic E-state index is 12.9. The number of rotatable bonds is 5. The summed E-state index contributed by atoms with van der Waals surface area (Å²) in [5.41, 5.74) is 1.57. The van der Waals surface area contributed by atoms with Gasteiger partial charge in [0, 0.05) is 33.7 Å². The van der Waals surface area contributed by atoms with E-state index in [0.717, 1.165) is 11.1 Å². The molecule has 1 saturated heterocycles. The second kappa shape index (κ2) is 9.69. The van der Waals surface area contributed by atoms with Gasteiger partial charge in [0.25, 0.3) is 0 Å². The van der Waals surface area contributed by atoms with E-state index in [2.05, 4.69) is 4.99 Å². The van der Waals surface area contributed by atoms with Crippen LogP contribution in [0.2, 0.25) is 0 Å². The van der Waals surface area contributed by atoms with Crippen molar-refractivity contribution in [3.8, 4) is 5.75 Å². The van der Waals surface area contributed by atoms with Crippen LogP contribution in [0.4, 0.5) is 0 Å². The number of ether oxygens (including phenoxy) is 1. The minimum Gasteiger partial charge on any atom is -0.508 e. The van der Waals surface area contributed by atoms with Crippen molar-refractivity contribution in [1.29, 1.82) is 5.41 Å². The predicted molar refractivity (Wildman–Crippen MR) is 116 cm³/mol. The van der Waals surface area contributed by atoms with Gasteiger partial charge in [-0.15, -0.1) is 0 Å². The first-order valence-electron chi connectivity index (χ1n) is 9.78. The number of hydrogen-bond acceptors (Lipinski definition) is 4. The molecule has 0 radical (unpaired) electrons. The van der Waals surface area contributed by atoms with Crippen LogP contribution in [0.25, 0.3) is 6.08 Å². The van der Waals surface area contributed by atoms with E-state index in [4.69, 9.17) is 10.1 Å². The van der Waals surface area contributed by atoms with Crippen molar-refractivity contribution in [2.75, 3.05) is 33.9 Å². The molecule has 1 heterocycles. The number of carbonyl (C=O) groups is 1. The molecule has 1 aromatic carbocycles. The number of methoxy groups -OCH3 is 1. The van der Waals surface area contributed by atoms with Crippen LogP contribution in [0.3, 0.4) is 0 Å². The highest BCUT2D eigenvalue weighted by atomic mass is 16.5. The lowest BCUT2D eigenvalue weighted by Gasteiger charge is -2.24. The van der Waals surface area contributed by atoms with E-state index in [1.165, 1.54) is 0 Å². The third-order valence-corrected chi connectivity index (χ3v) is 4.55. The maximum Gasteiger partial charge on any atom is 0.228 e. The van der Waals surface area contributed by atoms with Crippen LogP contribution < -0.4 is 0 Å². The number of aromatic hydroxyl groups is 1. The van der Waals surface area contributed by atoms with E-state index < -0.39 is 0 Å². The normalized spacial score (nSPS) is 17.2. The summed E-state index contributed by atoms with van der Waals surface area (Å²) in [5.74, 6) is 0.776. The number of nitrogens with zero attached hydrogens (tertiary/aromatic N) is 3. The van der Waals surface area contributed by atoms with Crippen LogP contribution in [-0.4, -0.2) is 66.5 Å². The maximum atomic E-state index is 12.9. The summed E-state index contributed by atoms with van der Waals surface area (Å²) >= 11 is 0. The molecule has 7 heteroatoms. The lowest BCUT2D eigenvalue weighted by molar-refractivity contribution is -0.128. The molecular weight excluding hydrogens is 368 g/mol. The van der Waals surface area contributed by atoms with Crippen LogP contribution in [0.15, 0.2) is 34.8 Å². The van der Waals surface area contributed by atoms with Gasteiger partial charge in [0.2, 0.25) is 11.9 Å². The standard InChI is InChI=1S/C22H32N4O3/c1-22(2,3)15-19(28)26-10-9-17(13-16-7-6-8-18(27)14-16)20(26)24-21(23)25(4)11-12-29-5/h6-8,13-14,23,27H,9-12,15H2,1-5H3/b17-13+,23-21?,24-20?. The summed E-state index contributed by atoms with van der Waals surface area (Å²) in [6.45, 7) is 7.65. The number of hydrogen-bond donors (Lipinski definition) is 2. The molecule has 7 nitrogen and oxygen atoms in total. The number of guanidine groups is 1. The van der Waals surface area contributed by atoms with E-state index in [1.54, 1.807) is 42.2 Å². The molecule has 2 N–H and O–H groups in total. The lowest BCUT2D eigenvalue weighted by Crippen LogP contribution is -2.37. The van der Waals surface area contributed by atoms with Crippen LogP contribution in [0, 0.1) is 10.8 Å². The molecule has 0 unspecified atom stereocenters. The first-order valence-corrected chi connectivity index (χ1v) is 9.78. The van der Waals surface area contributed by atoms with Crippen molar-refractivity contribution >= 4 is 23.8 Å². The van der Waals surface area contributed by atoms with E-state index in [-0.39, 0.29) is 23.0 Å². The van der Waals surface area contributed by atoms with Crippen molar-refractivity contribution in [1.82, 2.24) is 9.80 Å². The highest BCUT2D eigenvalue weighted by Gasteiger charge is 2.31. The average molecular weight is 401 g/mol. The third-order valence-electron chi connectivity index (χ3n) is 4.55.